The maximum atomic E-state index is 14.1. The summed E-state index contributed by atoms with van der Waals surface area (Å²) >= 11 is 0. The molecule has 2 saturated heterocycles. The third-order valence-electron chi connectivity index (χ3n) is 8.39. The minimum absolute atomic E-state index is 0.0194. The Morgan fingerprint density at radius 3 is 2.55 bits per heavy atom. The molecular weight excluding hydrogens is 534 g/mol. The summed E-state index contributed by atoms with van der Waals surface area (Å²) in [6.45, 7) is 3.63. The van der Waals surface area contributed by atoms with Gasteiger partial charge in [0.1, 0.15) is 23.7 Å². The van der Waals surface area contributed by atoms with Crippen molar-refractivity contribution in [2.45, 2.75) is 44.6 Å². The van der Waals surface area contributed by atoms with Crippen LogP contribution >= 0.6 is 0 Å². The summed E-state index contributed by atoms with van der Waals surface area (Å²) in [5, 5.41) is 15.9. The Hall–Kier alpha value is -4.57. The Labute approximate surface area is 245 Å². The minimum atomic E-state index is -0.761. The molecule has 10 heteroatoms. The highest BCUT2D eigenvalue weighted by molar-refractivity contribution is 5.92. The Balaban J connectivity index is 1.27. The molecule has 0 spiro atoms. The molecule has 4 amide bonds. The lowest BCUT2D eigenvalue weighted by Gasteiger charge is -2.45. The average Bonchev–Trinajstić information content (AvgIpc) is 3.54. The first-order valence-corrected chi connectivity index (χ1v) is 14.2. The van der Waals surface area contributed by atoms with Crippen LogP contribution < -0.4 is 10.1 Å². The van der Waals surface area contributed by atoms with Gasteiger partial charge in [0.15, 0.2) is 0 Å². The van der Waals surface area contributed by atoms with Crippen LogP contribution in [0.25, 0.3) is 0 Å². The van der Waals surface area contributed by atoms with Crippen molar-refractivity contribution < 1.29 is 24.2 Å². The lowest BCUT2D eigenvalue weighted by atomic mass is 9.98. The van der Waals surface area contributed by atoms with Crippen LogP contribution in [-0.2, 0) is 29.1 Å². The zero-order chi connectivity index (χ0) is 29.4. The van der Waals surface area contributed by atoms with E-state index in [4.69, 9.17) is 4.74 Å². The predicted molar refractivity (Wildman–Crippen MR) is 155 cm³/mol. The molecule has 3 aliphatic heterocycles. The summed E-state index contributed by atoms with van der Waals surface area (Å²) in [4.78, 5) is 44.1. The monoisotopic (exact) mass is 569 g/mol. The molecule has 3 aromatic rings. The standard InChI is InChI=1S/C32H35N5O5/c1-21-20-42-30-24(9-6-10-26(21)30)17-35-18-28-36(34(2)32(41)33-16-23-7-4-3-5-8-23)19-29(39)37(28)27(31(35)40)15-22-11-13-25(38)14-12-22/h3-14,21,27-28,38H,15-20H2,1-2H3,(H,33,41)/t21?,27-,28+/m0/s1. The summed E-state index contributed by atoms with van der Waals surface area (Å²) in [6, 6.07) is 21.2. The Bertz CT molecular complexity index is 1480. The molecule has 0 aliphatic carbocycles. The Morgan fingerprint density at radius 2 is 1.79 bits per heavy atom. The Kier molecular flexibility index (Phi) is 7.47. The molecule has 3 aliphatic rings. The quantitative estimate of drug-likeness (QED) is 0.453. The molecule has 3 atom stereocenters. The summed E-state index contributed by atoms with van der Waals surface area (Å²) in [6.07, 6.45) is -0.239. The topological polar surface area (TPSA) is 106 Å². The van der Waals surface area contributed by atoms with Crippen molar-refractivity contribution in [3.05, 3.63) is 95.1 Å². The van der Waals surface area contributed by atoms with E-state index < -0.39 is 12.2 Å². The number of hydrogen-bond acceptors (Lipinski definition) is 6. The summed E-state index contributed by atoms with van der Waals surface area (Å²) in [5.41, 5.74) is 3.84. The van der Waals surface area contributed by atoms with Gasteiger partial charge in [0.25, 0.3) is 0 Å². The molecule has 2 fully saturated rings. The number of carbonyl (C=O) groups excluding carboxylic acids is 3. The van der Waals surface area contributed by atoms with Crippen LogP contribution in [0.4, 0.5) is 4.79 Å². The molecule has 1 unspecified atom stereocenters. The number of nitrogens with one attached hydrogen (secondary N) is 1. The number of aromatic hydroxyl groups is 1. The summed E-state index contributed by atoms with van der Waals surface area (Å²) in [7, 11) is 1.64. The number of carbonyl (C=O) groups is 3. The Morgan fingerprint density at radius 1 is 1.02 bits per heavy atom. The number of phenols is 1. The van der Waals surface area contributed by atoms with Crippen molar-refractivity contribution >= 4 is 17.8 Å². The van der Waals surface area contributed by atoms with Crippen molar-refractivity contribution in [3.8, 4) is 11.5 Å². The van der Waals surface area contributed by atoms with E-state index in [9.17, 15) is 19.5 Å². The lowest BCUT2D eigenvalue weighted by Crippen LogP contribution is -2.65. The fourth-order valence-electron chi connectivity index (χ4n) is 6.11. The number of phenolic OH excluding ortho intramolecular Hbond substituents is 1. The van der Waals surface area contributed by atoms with Crippen molar-refractivity contribution in [3.63, 3.8) is 0 Å². The molecule has 0 saturated carbocycles. The van der Waals surface area contributed by atoms with Gasteiger partial charge in [-0.2, -0.15) is 5.01 Å². The second-order valence-corrected chi connectivity index (χ2v) is 11.2. The normalized spacial score (nSPS) is 21.6. The van der Waals surface area contributed by atoms with Gasteiger partial charge >= 0.3 is 6.03 Å². The zero-order valence-electron chi connectivity index (χ0n) is 23.8. The first-order chi connectivity index (χ1) is 20.3. The summed E-state index contributed by atoms with van der Waals surface area (Å²) in [5.74, 6) is 0.867. The highest BCUT2D eigenvalue weighted by Gasteiger charge is 2.51. The van der Waals surface area contributed by atoms with Crippen LogP contribution in [-0.4, -0.2) is 81.7 Å². The largest absolute Gasteiger partial charge is 0.508 e. The number of urea groups is 1. The van der Waals surface area contributed by atoms with Gasteiger partial charge in [-0.1, -0.05) is 67.6 Å². The number of hydrazine groups is 1. The van der Waals surface area contributed by atoms with Gasteiger partial charge in [-0.3, -0.25) is 14.6 Å². The van der Waals surface area contributed by atoms with Gasteiger partial charge in [-0.25, -0.2) is 4.79 Å². The number of para-hydroxylation sites is 1. The first kappa shape index (κ1) is 27.6. The van der Waals surface area contributed by atoms with Gasteiger partial charge < -0.3 is 25.0 Å². The van der Waals surface area contributed by atoms with Crippen LogP contribution in [0, 0.1) is 0 Å². The van der Waals surface area contributed by atoms with Gasteiger partial charge in [-0.05, 0) is 23.3 Å². The van der Waals surface area contributed by atoms with E-state index in [1.807, 2.05) is 42.5 Å². The van der Waals surface area contributed by atoms with Crippen LogP contribution in [0.2, 0.25) is 0 Å². The maximum Gasteiger partial charge on any atom is 0.332 e. The molecule has 3 heterocycles. The van der Waals surface area contributed by atoms with Crippen molar-refractivity contribution in [2.24, 2.45) is 0 Å². The number of nitrogens with zero attached hydrogens (tertiary/aromatic N) is 4. The number of ether oxygens (including phenoxy) is 1. The molecule has 0 aromatic heterocycles. The number of benzene rings is 3. The molecular formula is C32H35N5O5. The third kappa shape index (κ3) is 5.25. The lowest BCUT2D eigenvalue weighted by molar-refractivity contribution is -0.157. The highest BCUT2D eigenvalue weighted by Crippen LogP contribution is 2.38. The second-order valence-electron chi connectivity index (χ2n) is 11.2. The number of piperazine rings is 1. The number of rotatable bonds is 7. The molecule has 6 rings (SSSR count). The number of fused-ring (bicyclic) bond motifs is 2. The average molecular weight is 570 g/mol. The molecule has 42 heavy (non-hydrogen) atoms. The predicted octanol–water partition coefficient (Wildman–Crippen LogP) is 3.07. The highest BCUT2D eigenvalue weighted by atomic mass is 16.5. The first-order valence-electron chi connectivity index (χ1n) is 14.2. The fourth-order valence-corrected chi connectivity index (χ4v) is 6.11. The molecule has 3 aromatic carbocycles. The molecule has 0 radical (unpaired) electrons. The maximum absolute atomic E-state index is 14.1. The smallest absolute Gasteiger partial charge is 0.332 e. The molecule has 2 N–H and O–H groups in total. The molecule has 10 nitrogen and oxygen atoms in total. The SMILES string of the molecule is CC1COc2c(CN3C[C@H]4N(C(=O)CN4N(C)C(=O)NCc4ccccc4)[C@@H](Cc4ccc(O)cc4)C3=O)cccc21. The van der Waals surface area contributed by atoms with E-state index in [0.29, 0.717) is 19.7 Å². The van der Waals surface area contributed by atoms with E-state index in [1.54, 1.807) is 46.1 Å². The number of hydrogen-bond donors (Lipinski definition) is 2. The van der Waals surface area contributed by atoms with Crippen LogP contribution in [0.15, 0.2) is 72.8 Å². The van der Waals surface area contributed by atoms with Gasteiger partial charge in [0, 0.05) is 43.6 Å². The van der Waals surface area contributed by atoms with E-state index >= 15 is 0 Å². The zero-order valence-corrected chi connectivity index (χ0v) is 23.8. The van der Waals surface area contributed by atoms with Crippen LogP contribution in [0.1, 0.15) is 35.1 Å². The van der Waals surface area contributed by atoms with Crippen molar-refractivity contribution in [1.29, 1.82) is 0 Å². The van der Waals surface area contributed by atoms with Gasteiger partial charge in [0.05, 0.1) is 19.7 Å². The summed E-state index contributed by atoms with van der Waals surface area (Å²) < 4.78 is 6.01. The van der Waals surface area contributed by atoms with Gasteiger partial charge in [0.2, 0.25) is 11.8 Å². The van der Waals surface area contributed by atoms with Crippen LogP contribution in [0.5, 0.6) is 11.5 Å². The fraction of sp³-hybridized carbons (Fsp3) is 0.344. The molecule has 0 bridgehead atoms. The van der Waals surface area contributed by atoms with Gasteiger partial charge in [-0.15, -0.1) is 0 Å². The van der Waals surface area contributed by atoms with Crippen molar-refractivity contribution in [2.75, 3.05) is 26.7 Å². The van der Waals surface area contributed by atoms with E-state index in [-0.39, 0.29) is 49.0 Å². The molecule has 218 valence electrons. The van der Waals surface area contributed by atoms with Crippen molar-refractivity contribution in [1.82, 2.24) is 25.1 Å². The number of amides is 4. The van der Waals surface area contributed by atoms with E-state index in [0.717, 1.165) is 28.0 Å². The second kappa shape index (κ2) is 11.4. The minimum Gasteiger partial charge on any atom is -0.508 e. The van der Waals surface area contributed by atoms with E-state index in [2.05, 4.69) is 18.3 Å². The van der Waals surface area contributed by atoms with Crippen LogP contribution in [0.3, 0.4) is 0 Å². The third-order valence-corrected chi connectivity index (χ3v) is 8.39. The van der Waals surface area contributed by atoms with E-state index in [1.165, 1.54) is 5.01 Å².